The smallest absolute Gasteiger partial charge is 0.264 e. The van der Waals surface area contributed by atoms with E-state index in [0.29, 0.717) is 37.4 Å². The summed E-state index contributed by atoms with van der Waals surface area (Å²) in [5.74, 6) is 0.452. The highest BCUT2D eigenvalue weighted by molar-refractivity contribution is 7.92. The molecule has 2 aliphatic heterocycles. The molecule has 1 saturated heterocycles. The minimum absolute atomic E-state index is 0.0645. The number of para-hydroxylation sites is 1. The van der Waals surface area contributed by atoms with Crippen molar-refractivity contribution in [1.82, 2.24) is 4.90 Å². The summed E-state index contributed by atoms with van der Waals surface area (Å²) in [5.41, 5.74) is 6.23. The number of fused-ring (bicyclic) bond motifs is 1. The van der Waals surface area contributed by atoms with Crippen molar-refractivity contribution >= 4 is 27.3 Å². The summed E-state index contributed by atoms with van der Waals surface area (Å²) in [4.78, 5) is 17.2. The van der Waals surface area contributed by atoms with Gasteiger partial charge in [0.25, 0.3) is 15.9 Å². The molecule has 3 aromatic rings. The van der Waals surface area contributed by atoms with Crippen LogP contribution in [-0.4, -0.2) is 58.6 Å². The van der Waals surface area contributed by atoms with Gasteiger partial charge in [-0.15, -0.1) is 0 Å². The van der Waals surface area contributed by atoms with E-state index in [1.807, 2.05) is 29.2 Å². The van der Waals surface area contributed by atoms with Crippen molar-refractivity contribution in [2.75, 3.05) is 48.5 Å². The summed E-state index contributed by atoms with van der Waals surface area (Å²) in [6.07, 6.45) is 0.705. The number of piperazine rings is 1. The van der Waals surface area contributed by atoms with E-state index in [-0.39, 0.29) is 17.4 Å². The molecule has 0 radical (unpaired) electrons. The second-order valence-corrected chi connectivity index (χ2v) is 11.6. The van der Waals surface area contributed by atoms with E-state index >= 15 is 0 Å². The molecule has 2 aliphatic rings. The number of nitrogens with zero attached hydrogens (tertiary/aromatic N) is 3. The van der Waals surface area contributed by atoms with E-state index < -0.39 is 10.0 Å². The minimum atomic E-state index is -3.68. The minimum Gasteiger partial charge on any atom is -0.483 e. The number of hydrogen-bond acceptors (Lipinski definition) is 5. The summed E-state index contributed by atoms with van der Waals surface area (Å²) in [6.45, 7) is 9.26. The topological polar surface area (TPSA) is 70.2 Å². The molecule has 0 aliphatic carbocycles. The first-order valence-electron chi connectivity index (χ1n) is 12.7. The van der Waals surface area contributed by atoms with Crippen LogP contribution in [0.15, 0.2) is 65.6 Å². The van der Waals surface area contributed by atoms with Gasteiger partial charge in [0.1, 0.15) is 5.75 Å². The molecule has 3 aromatic carbocycles. The zero-order valence-electron chi connectivity index (χ0n) is 21.6. The van der Waals surface area contributed by atoms with Crippen LogP contribution in [-0.2, 0) is 21.2 Å². The molecular formula is C29H33N3O4S. The lowest BCUT2D eigenvalue weighted by atomic mass is 10.1. The number of carbonyl (C=O) groups excluding carboxylic acids is 1. The van der Waals surface area contributed by atoms with Gasteiger partial charge >= 0.3 is 0 Å². The number of anilines is 2. The van der Waals surface area contributed by atoms with Crippen molar-refractivity contribution in [3.05, 3.63) is 82.9 Å². The van der Waals surface area contributed by atoms with E-state index in [9.17, 15) is 13.2 Å². The van der Waals surface area contributed by atoms with Crippen LogP contribution in [0.2, 0.25) is 0 Å². The molecule has 7 nitrogen and oxygen atoms in total. The van der Waals surface area contributed by atoms with Crippen molar-refractivity contribution < 1.29 is 17.9 Å². The molecule has 194 valence electrons. The van der Waals surface area contributed by atoms with Gasteiger partial charge in [0.2, 0.25) is 0 Å². The van der Waals surface area contributed by atoms with Gasteiger partial charge in [-0.05, 0) is 79.8 Å². The van der Waals surface area contributed by atoms with E-state index in [4.69, 9.17) is 4.74 Å². The number of carbonyl (C=O) groups is 1. The lowest BCUT2D eigenvalue weighted by molar-refractivity contribution is -0.133. The molecular weight excluding hydrogens is 486 g/mol. The van der Waals surface area contributed by atoms with Crippen molar-refractivity contribution in [3.63, 3.8) is 0 Å². The summed E-state index contributed by atoms with van der Waals surface area (Å²) in [6, 6.07) is 18.8. The summed E-state index contributed by atoms with van der Waals surface area (Å²) < 4.78 is 34.0. The molecule has 2 heterocycles. The van der Waals surface area contributed by atoms with Crippen LogP contribution in [0.1, 0.15) is 22.3 Å². The van der Waals surface area contributed by atoms with Crippen LogP contribution in [0, 0.1) is 20.8 Å². The Morgan fingerprint density at radius 3 is 2.32 bits per heavy atom. The molecule has 1 fully saturated rings. The van der Waals surface area contributed by atoms with Crippen molar-refractivity contribution in [3.8, 4) is 5.75 Å². The number of benzene rings is 3. The molecule has 37 heavy (non-hydrogen) atoms. The van der Waals surface area contributed by atoms with Gasteiger partial charge in [0, 0.05) is 38.4 Å². The third kappa shape index (κ3) is 4.90. The first kappa shape index (κ1) is 25.1. The maximum absolute atomic E-state index is 13.3. The predicted octanol–water partition coefficient (Wildman–Crippen LogP) is 4.09. The van der Waals surface area contributed by atoms with Crippen molar-refractivity contribution in [2.45, 2.75) is 32.1 Å². The van der Waals surface area contributed by atoms with Crippen molar-refractivity contribution in [2.24, 2.45) is 0 Å². The Morgan fingerprint density at radius 1 is 0.838 bits per heavy atom. The third-order valence-corrected chi connectivity index (χ3v) is 9.29. The summed E-state index contributed by atoms with van der Waals surface area (Å²) >= 11 is 0. The van der Waals surface area contributed by atoms with E-state index in [1.165, 1.54) is 21.1 Å². The molecule has 0 saturated carbocycles. The highest BCUT2D eigenvalue weighted by Crippen LogP contribution is 2.34. The Hall–Kier alpha value is -3.52. The fourth-order valence-corrected chi connectivity index (χ4v) is 6.72. The second kappa shape index (κ2) is 10.1. The summed E-state index contributed by atoms with van der Waals surface area (Å²) in [7, 11) is -3.68. The molecule has 8 heteroatoms. The van der Waals surface area contributed by atoms with Gasteiger partial charge in [-0.25, -0.2) is 8.42 Å². The highest BCUT2D eigenvalue weighted by Gasteiger charge is 2.31. The van der Waals surface area contributed by atoms with E-state index in [1.54, 1.807) is 25.1 Å². The zero-order chi connectivity index (χ0) is 26.2. The predicted molar refractivity (Wildman–Crippen MR) is 146 cm³/mol. The second-order valence-electron chi connectivity index (χ2n) is 9.76. The quantitative estimate of drug-likeness (QED) is 0.491. The lowest BCUT2D eigenvalue weighted by Crippen LogP contribution is -2.50. The largest absolute Gasteiger partial charge is 0.483 e. The standard InChI is InChI=1S/C29H33N3O4S/c1-21-7-6-10-26(23(21)3)30-15-17-31(18-16-30)29(33)20-36-28-12-11-25(19-22(28)2)37(34,35)32-14-13-24-8-4-5-9-27(24)32/h4-12,19H,13-18,20H2,1-3H3. The van der Waals surface area contributed by atoms with Gasteiger partial charge < -0.3 is 14.5 Å². The third-order valence-electron chi connectivity index (χ3n) is 7.48. The SMILES string of the molecule is Cc1cc(S(=O)(=O)N2CCc3ccccc32)ccc1OCC(=O)N1CCN(c2cccc(C)c2C)CC1. The molecule has 0 unspecified atom stereocenters. The van der Waals surface area contributed by atoms with Crippen LogP contribution < -0.4 is 13.9 Å². The van der Waals surface area contributed by atoms with E-state index in [0.717, 1.165) is 24.3 Å². The highest BCUT2D eigenvalue weighted by atomic mass is 32.2. The number of hydrogen-bond donors (Lipinski definition) is 0. The first-order valence-corrected chi connectivity index (χ1v) is 14.1. The molecule has 0 spiro atoms. The average Bonchev–Trinajstić information content (AvgIpc) is 3.35. The van der Waals surface area contributed by atoms with Crippen LogP contribution >= 0.6 is 0 Å². The Balaban J connectivity index is 1.19. The van der Waals surface area contributed by atoms with Crippen LogP contribution in [0.25, 0.3) is 0 Å². The van der Waals surface area contributed by atoms with Gasteiger partial charge in [-0.1, -0.05) is 30.3 Å². The number of rotatable bonds is 6. The fourth-order valence-electron chi connectivity index (χ4n) is 5.13. The molecule has 5 rings (SSSR count). The zero-order valence-corrected chi connectivity index (χ0v) is 22.4. The Kier molecular flexibility index (Phi) is 6.86. The molecule has 0 aromatic heterocycles. The Morgan fingerprint density at radius 2 is 1.57 bits per heavy atom. The molecule has 1 amide bonds. The van der Waals surface area contributed by atoms with Gasteiger partial charge in [0.05, 0.1) is 10.6 Å². The van der Waals surface area contributed by atoms with Gasteiger partial charge in [0.15, 0.2) is 6.61 Å². The van der Waals surface area contributed by atoms with Gasteiger partial charge in [-0.3, -0.25) is 9.10 Å². The van der Waals surface area contributed by atoms with Crippen LogP contribution in [0.5, 0.6) is 5.75 Å². The molecule has 0 atom stereocenters. The van der Waals surface area contributed by atoms with Crippen molar-refractivity contribution in [1.29, 1.82) is 0 Å². The summed E-state index contributed by atoms with van der Waals surface area (Å²) in [5, 5.41) is 0. The van der Waals surface area contributed by atoms with Gasteiger partial charge in [-0.2, -0.15) is 0 Å². The molecule has 0 N–H and O–H groups in total. The Labute approximate surface area is 219 Å². The fraction of sp³-hybridized carbons (Fsp3) is 0.345. The monoisotopic (exact) mass is 519 g/mol. The van der Waals surface area contributed by atoms with Crippen LogP contribution in [0.4, 0.5) is 11.4 Å². The number of sulfonamides is 1. The number of ether oxygens (including phenoxy) is 1. The number of amides is 1. The first-order chi connectivity index (χ1) is 17.8. The maximum Gasteiger partial charge on any atom is 0.264 e. The van der Waals surface area contributed by atoms with Crippen LogP contribution in [0.3, 0.4) is 0 Å². The molecule has 0 bridgehead atoms. The number of aryl methyl sites for hydroxylation is 2. The normalized spacial score (nSPS) is 15.6. The Bertz CT molecular complexity index is 1430. The lowest BCUT2D eigenvalue weighted by Gasteiger charge is -2.37. The average molecular weight is 520 g/mol. The maximum atomic E-state index is 13.3. The van der Waals surface area contributed by atoms with E-state index in [2.05, 4.69) is 36.9 Å².